The number of hydrogen-bond acceptors (Lipinski definition) is 3. The van der Waals surface area contributed by atoms with Crippen LogP contribution in [0.25, 0.3) is 0 Å². The number of aliphatic carboxylic acids is 1. The highest BCUT2D eigenvalue weighted by Gasteiger charge is 2.65. The third-order valence-electron chi connectivity index (χ3n) is 3.96. The number of ether oxygens (including phenoxy) is 1. The molecule has 0 aromatic carbocycles. The van der Waals surface area contributed by atoms with Crippen LogP contribution in [-0.2, 0) is 14.3 Å². The minimum atomic E-state index is -0.876. The fraction of sp³-hybridized carbons (Fsp3) is 0.833. The van der Waals surface area contributed by atoms with Crippen LogP contribution in [0.2, 0.25) is 0 Å². The molecule has 0 aromatic heterocycles. The third kappa shape index (κ3) is 2.29. The second kappa shape index (κ2) is 4.29. The van der Waals surface area contributed by atoms with Gasteiger partial charge in [0.2, 0.25) is 5.91 Å². The van der Waals surface area contributed by atoms with E-state index in [1.54, 1.807) is 0 Å². The second-order valence-corrected chi connectivity index (χ2v) is 5.59. The molecule has 1 heterocycles. The van der Waals surface area contributed by atoms with Gasteiger partial charge in [-0.2, -0.15) is 0 Å². The van der Waals surface area contributed by atoms with Gasteiger partial charge in [0.25, 0.3) is 0 Å². The maximum atomic E-state index is 11.9. The standard InChI is InChI=1S/C12H19NO4/c1-12(2)8(9(12)11(15)16)10(14)13-5-7-3-4-17-6-7/h7-9H,3-6H2,1-2H3,(H,13,14)(H,15,16). The average molecular weight is 241 g/mol. The molecule has 2 fully saturated rings. The van der Waals surface area contributed by atoms with E-state index in [0.29, 0.717) is 19.1 Å². The van der Waals surface area contributed by atoms with Gasteiger partial charge in [-0.1, -0.05) is 13.8 Å². The van der Waals surface area contributed by atoms with Crippen molar-refractivity contribution in [3.63, 3.8) is 0 Å². The number of nitrogens with one attached hydrogen (secondary N) is 1. The SMILES string of the molecule is CC1(C)C(C(=O)O)C1C(=O)NCC1CCOC1. The molecule has 0 aromatic rings. The van der Waals surface area contributed by atoms with E-state index < -0.39 is 17.3 Å². The molecule has 1 amide bonds. The van der Waals surface area contributed by atoms with Crippen LogP contribution in [-0.4, -0.2) is 36.7 Å². The summed E-state index contributed by atoms with van der Waals surface area (Å²) in [6.45, 7) is 5.70. The first-order chi connectivity index (χ1) is 7.94. The molecule has 2 rings (SSSR count). The van der Waals surface area contributed by atoms with Crippen molar-refractivity contribution in [1.29, 1.82) is 0 Å². The van der Waals surface area contributed by atoms with Crippen molar-refractivity contribution in [3.8, 4) is 0 Å². The molecule has 1 aliphatic heterocycles. The lowest BCUT2D eigenvalue weighted by atomic mass is 10.1. The average Bonchev–Trinajstić information content (AvgIpc) is 2.65. The maximum absolute atomic E-state index is 11.9. The largest absolute Gasteiger partial charge is 0.481 e. The Labute approximate surface area is 101 Å². The fourth-order valence-corrected chi connectivity index (χ4v) is 2.69. The van der Waals surface area contributed by atoms with Gasteiger partial charge in [-0.25, -0.2) is 0 Å². The van der Waals surface area contributed by atoms with Crippen LogP contribution in [0.15, 0.2) is 0 Å². The predicted molar refractivity (Wildman–Crippen MR) is 60.3 cm³/mol. The van der Waals surface area contributed by atoms with E-state index in [0.717, 1.165) is 13.0 Å². The number of carbonyl (C=O) groups is 2. The number of rotatable bonds is 4. The Morgan fingerprint density at radius 3 is 2.59 bits per heavy atom. The normalized spacial score (nSPS) is 34.4. The van der Waals surface area contributed by atoms with Crippen LogP contribution in [0.1, 0.15) is 20.3 Å². The van der Waals surface area contributed by atoms with E-state index >= 15 is 0 Å². The molecule has 5 heteroatoms. The Morgan fingerprint density at radius 1 is 1.41 bits per heavy atom. The van der Waals surface area contributed by atoms with Crippen molar-refractivity contribution < 1.29 is 19.4 Å². The molecule has 2 N–H and O–H groups in total. The summed E-state index contributed by atoms with van der Waals surface area (Å²) in [5.41, 5.74) is -0.415. The predicted octanol–water partition coefficient (Wildman–Crippen LogP) is 0.496. The van der Waals surface area contributed by atoms with Gasteiger partial charge in [-0.3, -0.25) is 9.59 Å². The molecule has 2 aliphatic rings. The molecule has 0 bridgehead atoms. The Bertz CT molecular complexity index is 333. The Balaban J connectivity index is 1.82. The second-order valence-electron chi connectivity index (χ2n) is 5.59. The first-order valence-electron chi connectivity index (χ1n) is 6.03. The zero-order valence-electron chi connectivity index (χ0n) is 10.2. The number of hydrogen-bond donors (Lipinski definition) is 2. The summed E-state index contributed by atoms with van der Waals surface area (Å²) in [4.78, 5) is 22.8. The maximum Gasteiger partial charge on any atom is 0.307 e. The topological polar surface area (TPSA) is 75.6 Å². The molecule has 5 nitrogen and oxygen atoms in total. The van der Waals surface area contributed by atoms with E-state index in [1.165, 1.54) is 0 Å². The zero-order valence-corrected chi connectivity index (χ0v) is 10.2. The molecule has 1 saturated carbocycles. The van der Waals surface area contributed by atoms with Crippen LogP contribution in [0.4, 0.5) is 0 Å². The van der Waals surface area contributed by atoms with E-state index in [2.05, 4.69) is 5.32 Å². The van der Waals surface area contributed by atoms with Crippen molar-refractivity contribution in [2.75, 3.05) is 19.8 Å². The van der Waals surface area contributed by atoms with Gasteiger partial charge >= 0.3 is 5.97 Å². The van der Waals surface area contributed by atoms with E-state index in [-0.39, 0.29) is 11.8 Å². The highest BCUT2D eigenvalue weighted by molar-refractivity contribution is 5.91. The van der Waals surface area contributed by atoms with Crippen LogP contribution in [0.3, 0.4) is 0 Å². The van der Waals surface area contributed by atoms with Crippen molar-refractivity contribution in [1.82, 2.24) is 5.32 Å². The molecule has 17 heavy (non-hydrogen) atoms. The van der Waals surface area contributed by atoms with Crippen molar-refractivity contribution in [3.05, 3.63) is 0 Å². The Morgan fingerprint density at radius 2 is 2.12 bits per heavy atom. The summed E-state index contributed by atoms with van der Waals surface area (Å²) >= 11 is 0. The van der Waals surface area contributed by atoms with Gasteiger partial charge in [-0.05, 0) is 11.8 Å². The van der Waals surface area contributed by atoms with Crippen molar-refractivity contribution >= 4 is 11.9 Å². The number of carbonyl (C=O) groups excluding carboxylic acids is 1. The minimum Gasteiger partial charge on any atom is -0.481 e. The van der Waals surface area contributed by atoms with Gasteiger partial charge in [0.05, 0.1) is 18.4 Å². The molecule has 3 unspecified atom stereocenters. The molecule has 1 saturated heterocycles. The number of amides is 1. The van der Waals surface area contributed by atoms with E-state index in [9.17, 15) is 9.59 Å². The van der Waals surface area contributed by atoms with Crippen molar-refractivity contribution in [2.24, 2.45) is 23.2 Å². The van der Waals surface area contributed by atoms with Crippen LogP contribution >= 0.6 is 0 Å². The first-order valence-corrected chi connectivity index (χ1v) is 6.03. The van der Waals surface area contributed by atoms with E-state index in [1.807, 2.05) is 13.8 Å². The van der Waals surface area contributed by atoms with Gasteiger partial charge in [0, 0.05) is 19.1 Å². The van der Waals surface area contributed by atoms with Gasteiger partial charge in [0.1, 0.15) is 0 Å². The summed E-state index contributed by atoms with van der Waals surface area (Å²) in [5, 5.41) is 11.8. The van der Waals surface area contributed by atoms with Crippen molar-refractivity contribution in [2.45, 2.75) is 20.3 Å². The van der Waals surface area contributed by atoms with E-state index in [4.69, 9.17) is 9.84 Å². The number of carboxylic acids is 1. The highest BCUT2D eigenvalue weighted by Crippen LogP contribution is 2.58. The highest BCUT2D eigenvalue weighted by atomic mass is 16.5. The Kier molecular flexibility index (Phi) is 3.12. The van der Waals surface area contributed by atoms with Gasteiger partial charge in [-0.15, -0.1) is 0 Å². The zero-order chi connectivity index (χ0) is 12.6. The fourth-order valence-electron chi connectivity index (χ4n) is 2.69. The molecule has 0 spiro atoms. The number of carboxylic acid groups (broad SMARTS) is 1. The van der Waals surface area contributed by atoms with Gasteiger partial charge in [0.15, 0.2) is 0 Å². The first kappa shape index (κ1) is 12.4. The quantitative estimate of drug-likeness (QED) is 0.751. The molecule has 3 atom stereocenters. The summed E-state index contributed by atoms with van der Waals surface area (Å²) < 4.78 is 5.22. The minimum absolute atomic E-state index is 0.130. The lowest BCUT2D eigenvalue weighted by Gasteiger charge is -2.09. The monoisotopic (exact) mass is 241 g/mol. The molecular formula is C12H19NO4. The molecular weight excluding hydrogens is 222 g/mol. The van der Waals surface area contributed by atoms with Crippen LogP contribution in [0, 0.1) is 23.2 Å². The third-order valence-corrected chi connectivity index (χ3v) is 3.96. The Hall–Kier alpha value is -1.10. The molecule has 0 radical (unpaired) electrons. The summed E-state index contributed by atoms with van der Waals surface area (Å²) in [5.74, 6) is -1.55. The lowest BCUT2D eigenvalue weighted by molar-refractivity contribution is -0.140. The molecule has 96 valence electrons. The summed E-state index contributed by atoms with van der Waals surface area (Å²) in [6.07, 6.45) is 0.969. The van der Waals surface area contributed by atoms with Crippen LogP contribution in [0.5, 0.6) is 0 Å². The smallest absolute Gasteiger partial charge is 0.307 e. The van der Waals surface area contributed by atoms with Crippen LogP contribution < -0.4 is 5.32 Å². The summed E-state index contributed by atoms with van der Waals surface area (Å²) in [6, 6.07) is 0. The molecule has 1 aliphatic carbocycles. The lowest BCUT2D eigenvalue weighted by Crippen LogP contribution is -2.32. The van der Waals surface area contributed by atoms with Gasteiger partial charge < -0.3 is 15.2 Å². The summed E-state index contributed by atoms with van der Waals surface area (Å²) in [7, 11) is 0.